The Kier molecular flexibility index (Phi) is 7.25. The molecule has 2 rings (SSSR count). The van der Waals surface area contributed by atoms with Crippen molar-refractivity contribution in [3.8, 4) is 0 Å². The zero-order valence-corrected chi connectivity index (χ0v) is 16.8. The van der Waals surface area contributed by atoms with Crippen LogP contribution in [0.25, 0.3) is 0 Å². The molecule has 2 amide bonds. The first-order valence-electron chi connectivity index (χ1n) is 9.15. The average Bonchev–Trinajstić information content (AvgIpc) is 2.81. The van der Waals surface area contributed by atoms with Gasteiger partial charge in [-0.25, -0.2) is 9.29 Å². The van der Waals surface area contributed by atoms with Gasteiger partial charge < -0.3 is 11.1 Å². The number of carbonyl (C=O) groups is 3. The van der Waals surface area contributed by atoms with Gasteiger partial charge in [-0.3, -0.25) is 14.4 Å². The third-order valence-corrected chi connectivity index (χ3v) is 6.50. The second-order valence-electron chi connectivity index (χ2n) is 7.16. The molecule has 154 valence electrons. The van der Waals surface area contributed by atoms with Crippen LogP contribution in [-0.4, -0.2) is 54.4 Å². The van der Waals surface area contributed by atoms with E-state index < -0.39 is 33.8 Å². The number of amides is 2. The molecule has 0 spiro atoms. The number of hydrogen-bond acceptors (Lipinski definition) is 7. The Balaban J connectivity index is 2.41. The van der Waals surface area contributed by atoms with E-state index in [4.69, 9.17) is 5.73 Å². The van der Waals surface area contributed by atoms with Crippen molar-refractivity contribution in [2.24, 2.45) is 17.6 Å². The van der Waals surface area contributed by atoms with Gasteiger partial charge in [0, 0.05) is 18.5 Å². The van der Waals surface area contributed by atoms with Crippen LogP contribution in [0.15, 0.2) is 29.4 Å². The number of sulfonamides is 1. The van der Waals surface area contributed by atoms with Crippen LogP contribution in [0, 0.1) is 11.8 Å². The van der Waals surface area contributed by atoms with Crippen molar-refractivity contribution in [1.29, 1.82) is 0 Å². The van der Waals surface area contributed by atoms with E-state index in [9.17, 15) is 22.8 Å². The van der Waals surface area contributed by atoms with E-state index >= 15 is 0 Å². The standard InChI is InChI=1S/C18H26N4O5S/c1-12-9-14(15(23)11-20-10-12)22(17(24)7-6-13(2)18(19)25)28(26,27)16-5-3-4-8-21-16/h3-5,8,12-14,20H,6-7,9-11H2,1-2H3,(H2,19,25)/t12-,13-,14-/m0/s1. The molecule has 28 heavy (non-hydrogen) atoms. The lowest BCUT2D eigenvalue weighted by atomic mass is 10.00. The lowest BCUT2D eigenvalue weighted by Crippen LogP contribution is -2.50. The molecule has 1 aromatic heterocycles. The number of carbonyl (C=O) groups excluding carboxylic acids is 3. The summed E-state index contributed by atoms with van der Waals surface area (Å²) >= 11 is 0. The molecule has 0 aromatic carbocycles. The summed E-state index contributed by atoms with van der Waals surface area (Å²) in [5.74, 6) is -2.29. The minimum Gasteiger partial charge on any atom is -0.369 e. The highest BCUT2D eigenvalue weighted by Gasteiger charge is 2.41. The molecule has 1 aliphatic rings. The number of primary amides is 1. The zero-order valence-electron chi connectivity index (χ0n) is 16.0. The monoisotopic (exact) mass is 410 g/mol. The number of pyridine rings is 1. The van der Waals surface area contributed by atoms with Crippen LogP contribution < -0.4 is 11.1 Å². The number of nitrogens with zero attached hydrogens (tertiary/aromatic N) is 2. The zero-order chi connectivity index (χ0) is 20.9. The third-order valence-electron chi connectivity index (χ3n) is 4.76. The van der Waals surface area contributed by atoms with Crippen molar-refractivity contribution in [2.75, 3.05) is 13.1 Å². The van der Waals surface area contributed by atoms with Crippen LogP contribution >= 0.6 is 0 Å². The molecule has 1 fully saturated rings. The lowest BCUT2D eigenvalue weighted by molar-refractivity contribution is -0.134. The lowest BCUT2D eigenvalue weighted by Gasteiger charge is -2.30. The fraction of sp³-hybridized carbons (Fsp3) is 0.556. The highest BCUT2D eigenvalue weighted by atomic mass is 32.2. The van der Waals surface area contributed by atoms with E-state index in [0.717, 1.165) is 0 Å². The first-order chi connectivity index (χ1) is 13.1. The Morgan fingerprint density at radius 1 is 1.39 bits per heavy atom. The fourth-order valence-electron chi connectivity index (χ4n) is 3.05. The average molecular weight is 410 g/mol. The highest BCUT2D eigenvalue weighted by Crippen LogP contribution is 2.24. The summed E-state index contributed by atoms with van der Waals surface area (Å²) in [5, 5.41) is 2.67. The van der Waals surface area contributed by atoms with Crippen molar-refractivity contribution in [2.45, 2.75) is 44.2 Å². The van der Waals surface area contributed by atoms with Gasteiger partial charge in [0.15, 0.2) is 10.8 Å². The van der Waals surface area contributed by atoms with Gasteiger partial charge in [0.25, 0.3) is 10.0 Å². The van der Waals surface area contributed by atoms with Gasteiger partial charge in [-0.2, -0.15) is 8.42 Å². The molecular formula is C18H26N4O5S. The van der Waals surface area contributed by atoms with Crippen LogP contribution in [0.3, 0.4) is 0 Å². The molecule has 0 bridgehead atoms. The summed E-state index contributed by atoms with van der Waals surface area (Å²) < 4.78 is 27.1. The normalized spacial score (nSPS) is 21.6. The van der Waals surface area contributed by atoms with Gasteiger partial charge >= 0.3 is 0 Å². The van der Waals surface area contributed by atoms with Gasteiger partial charge in [-0.15, -0.1) is 0 Å². The molecule has 9 nitrogen and oxygen atoms in total. The molecule has 2 heterocycles. The molecule has 0 saturated carbocycles. The molecule has 0 aliphatic carbocycles. The minimum absolute atomic E-state index is 0.00442. The molecule has 10 heteroatoms. The van der Waals surface area contributed by atoms with Gasteiger partial charge in [0.2, 0.25) is 11.8 Å². The Labute approximate surface area is 164 Å². The molecule has 3 atom stereocenters. The number of ketones is 1. The van der Waals surface area contributed by atoms with Crippen LogP contribution in [0.5, 0.6) is 0 Å². The van der Waals surface area contributed by atoms with Crippen molar-refractivity contribution >= 4 is 27.6 Å². The smallest absolute Gasteiger partial charge is 0.284 e. The van der Waals surface area contributed by atoms with Crippen molar-refractivity contribution in [1.82, 2.24) is 14.6 Å². The molecule has 0 unspecified atom stereocenters. The highest BCUT2D eigenvalue weighted by molar-refractivity contribution is 7.89. The van der Waals surface area contributed by atoms with Crippen molar-refractivity contribution < 1.29 is 22.8 Å². The molecule has 1 aliphatic heterocycles. The maximum atomic E-state index is 13.2. The number of Topliss-reactive ketones (excluding diaryl/α,β-unsaturated/α-hetero) is 1. The quantitative estimate of drug-likeness (QED) is 0.648. The Morgan fingerprint density at radius 2 is 2.11 bits per heavy atom. The van der Waals surface area contributed by atoms with Crippen molar-refractivity contribution in [3.63, 3.8) is 0 Å². The summed E-state index contributed by atoms with van der Waals surface area (Å²) in [6.07, 6.45) is 1.40. The van der Waals surface area contributed by atoms with E-state index in [-0.39, 0.29) is 42.5 Å². The van der Waals surface area contributed by atoms with E-state index in [0.29, 0.717) is 10.8 Å². The minimum atomic E-state index is -4.33. The SMILES string of the molecule is C[C@@H]1CNCC(=O)[C@@H](N(C(=O)CC[C@H](C)C(N)=O)S(=O)(=O)c2ccccn2)C1. The largest absolute Gasteiger partial charge is 0.369 e. The third kappa shape index (κ3) is 5.14. The second-order valence-corrected chi connectivity index (χ2v) is 8.92. The van der Waals surface area contributed by atoms with E-state index in [1.807, 2.05) is 6.92 Å². The maximum absolute atomic E-state index is 13.2. The topological polar surface area (TPSA) is 140 Å². The summed E-state index contributed by atoms with van der Waals surface area (Å²) in [5.41, 5.74) is 5.22. The number of hydrogen-bond donors (Lipinski definition) is 2. The first kappa shape index (κ1) is 22.0. The maximum Gasteiger partial charge on any atom is 0.284 e. The Hall–Kier alpha value is -2.33. The summed E-state index contributed by atoms with van der Waals surface area (Å²) in [6, 6.07) is 3.22. The van der Waals surface area contributed by atoms with Gasteiger partial charge in [0.1, 0.15) is 6.04 Å². The summed E-state index contributed by atoms with van der Waals surface area (Å²) in [6.45, 7) is 3.97. The predicted octanol–water partition coefficient (Wildman–Crippen LogP) is 0.0676. The number of nitrogens with one attached hydrogen (secondary N) is 1. The van der Waals surface area contributed by atoms with E-state index in [1.165, 1.54) is 18.3 Å². The Bertz CT molecular complexity index is 828. The van der Waals surface area contributed by atoms with Gasteiger partial charge in [0.05, 0.1) is 6.54 Å². The number of nitrogens with two attached hydrogens (primary N) is 1. The van der Waals surface area contributed by atoms with E-state index in [2.05, 4.69) is 10.3 Å². The number of aromatic nitrogens is 1. The van der Waals surface area contributed by atoms with Crippen LogP contribution in [-0.2, 0) is 24.4 Å². The van der Waals surface area contributed by atoms with E-state index in [1.54, 1.807) is 13.0 Å². The molecule has 3 N–H and O–H groups in total. The molecule has 0 radical (unpaired) electrons. The first-order valence-corrected chi connectivity index (χ1v) is 10.6. The van der Waals surface area contributed by atoms with Crippen LogP contribution in [0.4, 0.5) is 0 Å². The van der Waals surface area contributed by atoms with Crippen molar-refractivity contribution in [3.05, 3.63) is 24.4 Å². The van der Waals surface area contributed by atoms with Crippen LogP contribution in [0.1, 0.15) is 33.1 Å². The molecular weight excluding hydrogens is 384 g/mol. The second kappa shape index (κ2) is 9.24. The van der Waals surface area contributed by atoms with Gasteiger partial charge in [-0.1, -0.05) is 19.9 Å². The predicted molar refractivity (Wildman–Crippen MR) is 101 cm³/mol. The summed E-state index contributed by atoms with van der Waals surface area (Å²) in [4.78, 5) is 40.7. The van der Waals surface area contributed by atoms with Gasteiger partial charge in [-0.05, 0) is 37.4 Å². The molecule has 1 saturated heterocycles. The summed E-state index contributed by atoms with van der Waals surface area (Å²) in [7, 11) is -4.33. The molecule has 1 aromatic rings. The fourth-order valence-corrected chi connectivity index (χ4v) is 4.59. The van der Waals surface area contributed by atoms with Crippen LogP contribution in [0.2, 0.25) is 0 Å². The number of rotatable bonds is 7. The Morgan fingerprint density at radius 3 is 2.71 bits per heavy atom.